The summed E-state index contributed by atoms with van der Waals surface area (Å²) in [6.45, 7) is 0.879. The van der Waals surface area contributed by atoms with Crippen LogP contribution in [0, 0.1) is 5.82 Å². The molecule has 2 aromatic heterocycles. The fraction of sp³-hybridized carbons (Fsp3) is 0.316. The van der Waals surface area contributed by atoms with E-state index in [-0.39, 0.29) is 23.4 Å². The molecule has 0 bridgehead atoms. The number of benzene rings is 1. The highest BCUT2D eigenvalue weighted by Crippen LogP contribution is 2.25. The molecule has 1 aromatic carbocycles. The van der Waals surface area contributed by atoms with Crippen LogP contribution in [0.5, 0.6) is 0 Å². The minimum atomic E-state index is -3.02. The van der Waals surface area contributed by atoms with E-state index >= 15 is 0 Å². The van der Waals surface area contributed by atoms with E-state index in [0.717, 1.165) is 22.2 Å². The molecule has 0 amide bonds. The molecule has 1 saturated heterocycles. The lowest BCUT2D eigenvalue weighted by Gasteiger charge is -2.27. The van der Waals surface area contributed by atoms with Crippen LogP contribution in [-0.2, 0) is 22.9 Å². The summed E-state index contributed by atoms with van der Waals surface area (Å²) in [5, 5.41) is 0.736. The lowest BCUT2D eigenvalue weighted by atomic mass is 10.1. The Morgan fingerprint density at radius 2 is 2.12 bits per heavy atom. The average Bonchev–Trinajstić information content (AvgIpc) is 3.23. The molecule has 5 nitrogen and oxygen atoms in total. The largest absolute Gasteiger partial charge is 0.468 e. The summed E-state index contributed by atoms with van der Waals surface area (Å²) in [6.07, 6.45) is 3.85. The lowest BCUT2D eigenvalue weighted by Crippen LogP contribution is -2.35. The van der Waals surface area contributed by atoms with Gasteiger partial charge in [0.05, 0.1) is 29.8 Å². The van der Waals surface area contributed by atoms with Crippen molar-refractivity contribution in [1.82, 2.24) is 9.88 Å². The summed E-state index contributed by atoms with van der Waals surface area (Å²) >= 11 is 0. The van der Waals surface area contributed by atoms with Crippen molar-refractivity contribution in [2.45, 2.75) is 25.6 Å². The predicted octanol–water partition coefficient (Wildman–Crippen LogP) is 3.16. The van der Waals surface area contributed by atoms with Crippen LogP contribution < -0.4 is 0 Å². The maximum absolute atomic E-state index is 14.1. The molecule has 1 aliphatic rings. The number of hydrogen-bond acceptors (Lipinski definition) is 5. The van der Waals surface area contributed by atoms with Crippen molar-refractivity contribution in [3.63, 3.8) is 0 Å². The van der Waals surface area contributed by atoms with E-state index in [1.165, 1.54) is 12.1 Å². The number of aromatic nitrogens is 1. The third-order valence-electron chi connectivity index (χ3n) is 4.79. The average molecular weight is 374 g/mol. The maximum atomic E-state index is 14.1. The van der Waals surface area contributed by atoms with Crippen LogP contribution in [0.3, 0.4) is 0 Å². The molecule has 26 heavy (non-hydrogen) atoms. The Bertz CT molecular complexity index is 1020. The van der Waals surface area contributed by atoms with Crippen LogP contribution >= 0.6 is 0 Å². The van der Waals surface area contributed by atoms with E-state index in [1.54, 1.807) is 24.6 Å². The Morgan fingerprint density at radius 1 is 1.23 bits per heavy atom. The first kappa shape index (κ1) is 17.2. The van der Waals surface area contributed by atoms with Crippen molar-refractivity contribution >= 4 is 20.7 Å². The molecule has 1 fully saturated rings. The zero-order valence-electron chi connectivity index (χ0n) is 14.1. The number of furan rings is 1. The standard InChI is InChI=1S/C19H19FN2O3S/c20-16-9-14-3-1-6-21-19(14)15(10-16)11-22(12-18-4-2-7-25-18)17-5-8-26(23,24)13-17/h1-4,6-7,9-10,17H,5,8,11-13H2/t17-/m1/s1. The molecular weight excluding hydrogens is 355 g/mol. The summed E-state index contributed by atoms with van der Waals surface area (Å²) in [4.78, 5) is 6.44. The van der Waals surface area contributed by atoms with E-state index < -0.39 is 9.84 Å². The Hall–Kier alpha value is -2.25. The summed E-state index contributed by atoms with van der Waals surface area (Å²) in [6, 6.07) is 10.1. The second kappa shape index (κ2) is 6.81. The Kier molecular flexibility index (Phi) is 4.50. The molecule has 7 heteroatoms. The highest BCUT2D eigenvalue weighted by atomic mass is 32.2. The van der Waals surface area contributed by atoms with Gasteiger partial charge in [-0.1, -0.05) is 6.07 Å². The molecular formula is C19H19FN2O3S. The topological polar surface area (TPSA) is 63.4 Å². The number of hydrogen-bond donors (Lipinski definition) is 0. The monoisotopic (exact) mass is 374 g/mol. The maximum Gasteiger partial charge on any atom is 0.151 e. The number of sulfone groups is 1. The number of halogens is 1. The van der Waals surface area contributed by atoms with Gasteiger partial charge >= 0.3 is 0 Å². The van der Waals surface area contributed by atoms with Gasteiger partial charge in [-0.05, 0) is 42.3 Å². The van der Waals surface area contributed by atoms with Crippen molar-refractivity contribution in [2.75, 3.05) is 11.5 Å². The molecule has 0 N–H and O–H groups in total. The van der Waals surface area contributed by atoms with Crippen LogP contribution in [0.1, 0.15) is 17.7 Å². The minimum absolute atomic E-state index is 0.118. The third kappa shape index (κ3) is 3.64. The van der Waals surface area contributed by atoms with Crippen molar-refractivity contribution in [3.05, 3.63) is 66.0 Å². The lowest BCUT2D eigenvalue weighted by molar-refractivity contribution is 0.180. The Labute approximate surface area is 151 Å². The Morgan fingerprint density at radius 3 is 2.85 bits per heavy atom. The first-order valence-corrected chi connectivity index (χ1v) is 10.3. The first-order chi connectivity index (χ1) is 12.5. The van der Waals surface area contributed by atoms with Gasteiger partial charge in [0.2, 0.25) is 0 Å². The zero-order chi connectivity index (χ0) is 18.1. The van der Waals surface area contributed by atoms with Gasteiger partial charge in [0.15, 0.2) is 9.84 Å². The molecule has 0 aliphatic carbocycles. The fourth-order valence-corrected chi connectivity index (χ4v) is 5.31. The number of fused-ring (bicyclic) bond motifs is 1. The van der Waals surface area contributed by atoms with Crippen molar-refractivity contribution in [3.8, 4) is 0 Å². The van der Waals surface area contributed by atoms with E-state index in [9.17, 15) is 12.8 Å². The van der Waals surface area contributed by atoms with Gasteiger partial charge in [0.1, 0.15) is 11.6 Å². The second-order valence-corrected chi connectivity index (χ2v) is 8.91. The molecule has 0 unspecified atom stereocenters. The quantitative estimate of drug-likeness (QED) is 0.686. The number of rotatable bonds is 5. The van der Waals surface area contributed by atoms with Crippen LogP contribution in [0.15, 0.2) is 53.3 Å². The molecule has 3 heterocycles. The smallest absolute Gasteiger partial charge is 0.151 e. The van der Waals surface area contributed by atoms with Crippen LogP contribution in [0.25, 0.3) is 10.9 Å². The van der Waals surface area contributed by atoms with Gasteiger partial charge < -0.3 is 4.42 Å². The third-order valence-corrected chi connectivity index (χ3v) is 6.54. The molecule has 4 rings (SSSR count). The van der Waals surface area contributed by atoms with Gasteiger partial charge in [0, 0.05) is 24.2 Å². The molecule has 136 valence electrons. The first-order valence-electron chi connectivity index (χ1n) is 8.50. The van der Waals surface area contributed by atoms with Crippen LogP contribution in [0.4, 0.5) is 4.39 Å². The normalized spacial score (nSPS) is 19.4. The fourth-order valence-electron chi connectivity index (χ4n) is 3.55. The van der Waals surface area contributed by atoms with Gasteiger partial charge in [-0.3, -0.25) is 9.88 Å². The molecule has 0 radical (unpaired) electrons. The van der Waals surface area contributed by atoms with Gasteiger partial charge in [-0.25, -0.2) is 12.8 Å². The molecule has 0 spiro atoms. The predicted molar refractivity (Wildman–Crippen MR) is 96.7 cm³/mol. The van der Waals surface area contributed by atoms with Crippen molar-refractivity contribution in [1.29, 1.82) is 0 Å². The molecule has 1 atom stereocenters. The van der Waals surface area contributed by atoms with Crippen molar-refractivity contribution in [2.24, 2.45) is 0 Å². The van der Waals surface area contributed by atoms with E-state index in [0.29, 0.717) is 19.5 Å². The molecule has 1 aliphatic heterocycles. The highest BCUT2D eigenvalue weighted by molar-refractivity contribution is 7.91. The highest BCUT2D eigenvalue weighted by Gasteiger charge is 2.33. The van der Waals surface area contributed by atoms with Gasteiger partial charge in [0.25, 0.3) is 0 Å². The van der Waals surface area contributed by atoms with Crippen LogP contribution in [0.2, 0.25) is 0 Å². The molecule has 3 aromatic rings. The van der Waals surface area contributed by atoms with Crippen molar-refractivity contribution < 1.29 is 17.2 Å². The number of nitrogens with zero attached hydrogens (tertiary/aromatic N) is 2. The summed E-state index contributed by atoms with van der Waals surface area (Å²) in [7, 11) is -3.02. The van der Waals surface area contributed by atoms with Crippen LogP contribution in [-0.4, -0.2) is 35.8 Å². The SMILES string of the molecule is O=S1(=O)CC[C@@H](N(Cc2ccco2)Cc2cc(F)cc3cccnc23)C1. The second-order valence-electron chi connectivity index (χ2n) is 6.68. The summed E-state index contributed by atoms with van der Waals surface area (Å²) in [5.74, 6) is 0.739. The van der Waals surface area contributed by atoms with E-state index in [1.807, 2.05) is 17.0 Å². The van der Waals surface area contributed by atoms with Gasteiger partial charge in [-0.2, -0.15) is 0 Å². The summed E-state index contributed by atoms with van der Waals surface area (Å²) in [5.41, 5.74) is 1.48. The Balaban J connectivity index is 1.68. The molecule has 0 saturated carbocycles. The van der Waals surface area contributed by atoms with E-state index in [2.05, 4.69) is 4.98 Å². The number of pyridine rings is 1. The minimum Gasteiger partial charge on any atom is -0.468 e. The zero-order valence-corrected chi connectivity index (χ0v) is 15.0. The van der Waals surface area contributed by atoms with Gasteiger partial charge in [-0.15, -0.1) is 0 Å². The summed E-state index contributed by atoms with van der Waals surface area (Å²) < 4.78 is 43.4. The van der Waals surface area contributed by atoms with E-state index in [4.69, 9.17) is 4.42 Å².